The number of carboxylic acids is 1. The molecule has 0 radical (unpaired) electrons. The zero-order valence-corrected chi connectivity index (χ0v) is 10.6. The predicted octanol–water partition coefficient (Wildman–Crippen LogP) is 1.12. The summed E-state index contributed by atoms with van der Waals surface area (Å²) in [5.41, 5.74) is 0. The minimum atomic E-state index is -0.717. The van der Waals surface area contributed by atoms with Crippen LogP contribution in [0.2, 0.25) is 0 Å². The minimum absolute atomic E-state index is 0.184. The highest BCUT2D eigenvalue weighted by Crippen LogP contribution is 2.13. The molecule has 0 aliphatic carbocycles. The summed E-state index contributed by atoms with van der Waals surface area (Å²) in [5, 5.41) is 8.77. The molecule has 0 amide bonds. The molecule has 1 aliphatic rings. The number of rotatable bonds is 4. The zero-order valence-electron chi connectivity index (χ0n) is 10.6. The number of carboxylic acid groups (broad SMARTS) is 1. The van der Waals surface area contributed by atoms with E-state index in [1.165, 1.54) is 0 Å². The lowest BCUT2D eigenvalue weighted by atomic mass is 10.0. The van der Waals surface area contributed by atoms with Crippen molar-refractivity contribution in [2.24, 2.45) is 5.92 Å². The first-order valence-electron chi connectivity index (χ1n) is 6.19. The van der Waals surface area contributed by atoms with Gasteiger partial charge in [-0.05, 0) is 25.8 Å². The van der Waals surface area contributed by atoms with Gasteiger partial charge < -0.3 is 5.11 Å². The monoisotopic (exact) mass is 228 g/mol. The van der Waals surface area contributed by atoms with Crippen LogP contribution >= 0.6 is 0 Å². The maximum absolute atomic E-state index is 10.6. The third kappa shape index (κ3) is 4.10. The Morgan fingerprint density at radius 2 is 1.88 bits per heavy atom. The maximum atomic E-state index is 10.6. The molecule has 1 N–H and O–H groups in total. The van der Waals surface area contributed by atoms with Crippen molar-refractivity contribution in [1.29, 1.82) is 0 Å². The molecule has 4 heteroatoms. The molecule has 1 fully saturated rings. The van der Waals surface area contributed by atoms with Gasteiger partial charge in [0.05, 0.1) is 6.54 Å². The van der Waals surface area contributed by atoms with Gasteiger partial charge >= 0.3 is 5.97 Å². The van der Waals surface area contributed by atoms with E-state index in [2.05, 4.69) is 25.7 Å². The van der Waals surface area contributed by atoms with E-state index in [0.29, 0.717) is 12.0 Å². The van der Waals surface area contributed by atoms with Crippen LogP contribution in [0.15, 0.2) is 0 Å². The van der Waals surface area contributed by atoms with E-state index in [1.54, 1.807) is 0 Å². The molecular weight excluding hydrogens is 204 g/mol. The molecule has 1 unspecified atom stereocenters. The molecule has 0 aromatic carbocycles. The summed E-state index contributed by atoms with van der Waals surface area (Å²) in [6, 6.07) is 0.588. The molecule has 0 spiro atoms. The molecule has 1 heterocycles. The summed E-state index contributed by atoms with van der Waals surface area (Å²) < 4.78 is 0. The Balaban J connectivity index is 2.42. The Morgan fingerprint density at radius 1 is 1.19 bits per heavy atom. The third-order valence-electron chi connectivity index (χ3n) is 3.52. The van der Waals surface area contributed by atoms with E-state index in [1.807, 2.05) is 4.90 Å². The van der Waals surface area contributed by atoms with E-state index in [-0.39, 0.29) is 6.54 Å². The molecule has 1 aliphatic heterocycles. The highest BCUT2D eigenvalue weighted by atomic mass is 16.4. The average molecular weight is 228 g/mol. The molecular formula is C12H24N2O2. The van der Waals surface area contributed by atoms with E-state index < -0.39 is 5.97 Å². The van der Waals surface area contributed by atoms with Crippen LogP contribution in [0.4, 0.5) is 0 Å². The molecule has 0 bridgehead atoms. The Hall–Kier alpha value is -0.610. The van der Waals surface area contributed by atoms with E-state index in [0.717, 1.165) is 32.6 Å². The smallest absolute Gasteiger partial charge is 0.317 e. The zero-order chi connectivity index (χ0) is 12.1. The van der Waals surface area contributed by atoms with Crippen LogP contribution < -0.4 is 0 Å². The number of nitrogens with zero attached hydrogens (tertiary/aromatic N) is 2. The summed E-state index contributed by atoms with van der Waals surface area (Å²) in [5.74, 6) is -0.0589. The molecule has 94 valence electrons. The SMILES string of the molecule is CC(C)C(C)N1CCCN(CC(=O)O)CC1. The first kappa shape index (κ1) is 13.5. The molecule has 1 saturated heterocycles. The van der Waals surface area contributed by atoms with Crippen molar-refractivity contribution in [3.63, 3.8) is 0 Å². The van der Waals surface area contributed by atoms with Crippen molar-refractivity contribution in [2.75, 3.05) is 32.7 Å². The molecule has 1 atom stereocenters. The van der Waals surface area contributed by atoms with Crippen LogP contribution in [0.3, 0.4) is 0 Å². The minimum Gasteiger partial charge on any atom is -0.480 e. The summed E-state index contributed by atoms with van der Waals surface area (Å²) in [6.45, 7) is 10.8. The largest absolute Gasteiger partial charge is 0.480 e. The molecule has 0 aromatic heterocycles. The van der Waals surface area contributed by atoms with Gasteiger partial charge in [-0.3, -0.25) is 14.6 Å². The van der Waals surface area contributed by atoms with Gasteiger partial charge in [-0.1, -0.05) is 13.8 Å². The fourth-order valence-corrected chi connectivity index (χ4v) is 2.17. The Morgan fingerprint density at radius 3 is 2.44 bits per heavy atom. The van der Waals surface area contributed by atoms with Crippen molar-refractivity contribution in [1.82, 2.24) is 9.80 Å². The molecule has 0 aromatic rings. The predicted molar refractivity (Wildman–Crippen MR) is 64.6 cm³/mol. The summed E-state index contributed by atoms with van der Waals surface area (Å²) in [4.78, 5) is 15.2. The van der Waals surface area contributed by atoms with Gasteiger partial charge in [-0.15, -0.1) is 0 Å². The summed E-state index contributed by atoms with van der Waals surface area (Å²) in [7, 11) is 0. The van der Waals surface area contributed by atoms with Crippen LogP contribution in [0, 0.1) is 5.92 Å². The second-order valence-corrected chi connectivity index (χ2v) is 5.04. The van der Waals surface area contributed by atoms with Crippen LogP contribution in [0.5, 0.6) is 0 Å². The fourth-order valence-electron chi connectivity index (χ4n) is 2.17. The van der Waals surface area contributed by atoms with Crippen LogP contribution in [-0.4, -0.2) is 59.6 Å². The van der Waals surface area contributed by atoms with Crippen molar-refractivity contribution in [3.8, 4) is 0 Å². The second-order valence-electron chi connectivity index (χ2n) is 5.04. The fraction of sp³-hybridized carbons (Fsp3) is 0.917. The van der Waals surface area contributed by atoms with Crippen molar-refractivity contribution in [3.05, 3.63) is 0 Å². The first-order chi connectivity index (χ1) is 7.50. The highest BCUT2D eigenvalue weighted by Gasteiger charge is 2.21. The third-order valence-corrected chi connectivity index (χ3v) is 3.52. The van der Waals surface area contributed by atoms with Crippen LogP contribution in [0.25, 0.3) is 0 Å². The van der Waals surface area contributed by atoms with Gasteiger partial charge in [0.25, 0.3) is 0 Å². The number of aliphatic carboxylic acids is 1. The molecule has 16 heavy (non-hydrogen) atoms. The quantitative estimate of drug-likeness (QED) is 0.783. The number of hydrogen-bond donors (Lipinski definition) is 1. The second kappa shape index (κ2) is 6.21. The van der Waals surface area contributed by atoms with Gasteiger partial charge in [-0.25, -0.2) is 0 Å². The molecule has 4 nitrogen and oxygen atoms in total. The Bertz CT molecular complexity index is 231. The van der Waals surface area contributed by atoms with Crippen molar-refractivity contribution in [2.45, 2.75) is 33.2 Å². The van der Waals surface area contributed by atoms with Gasteiger partial charge in [0.1, 0.15) is 0 Å². The molecule has 1 rings (SSSR count). The Labute approximate surface area is 98.2 Å². The summed E-state index contributed by atoms with van der Waals surface area (Å²) >= 11 is 0. The van der Waals surface area contributed by atoms with Crippen LogP contribution in [-0.2, 0) is 4.79 Å². The Kier molecular flexibility index (Phi) is 5.22. The lowest BCUT2D eigenvalue weighted by Crippen LogP contribution is -2.40. The molecule has 0 saturated carbocycles. The average Bonchev–Trinajstić information content (AvgIpc) is 2.41. The topological polar surface area (TPSA) is 43.8 Å². The standard InChI is InChI=1S/C12H24N2O2/c1-10(2)11(3)14-6-4-5-13(7-8-14)9-12(15)16/h10-11H,4-9H2,1-3H3,(H,15,16). The van der Waals surface area contributed by atoms with Gasteiger partial charge in [-0.2, -0.15) is 0 Å². The number of hydrogen-bond acceptors (Lipinski definition) is 3. The summed E-state index contributed by atoms with van der Waals surface area (Å²) in [6.07, 6.45) is 1.07. The van der Waals surface area contributed by atoms with E-state index in [4.69, 9.17) is 5.11 Å². The highest BCUT2D eigenvalue weighted by molar-refractivity contribution is 5.69. The lowest BCUT2D eigenvalue weighted by Gasteiger charge is -2.30. The van der Waals surface area contributed by atoms with E-state index in [9.17, 15) is 4.79 Å². The maximum Gasteiger partial charge on any atom is 0.317 e. The normalized spacial score (nSPS) is 22.0. The van der Waals surface area contributed by atoms with Crippen molar-refractivity contribution >= 4 is 5.97 Å². The van der Waals surface area contributed by atoms with E-state index >= 15 is 0 Å². The van der Waals surface area contributed by atoms with Gasteiger partial charge in [0, 0.05) is 25.7 Å². The van der Waals surface area contributed by atoms with Crippen LogP contribution in [0.1, 0.15) is 27.2 Å². The first-order valence-corrected chi connectivity index (χ1v) is 6.19. The van der Waals surface area contributed by atoms with Gasteiger partial charge in [0.2, 0.25) is 0 Å². The van der Waals surface area contributed by atoms with Crippen molar-refractivity contribution < 1.29 is 9.90 Å². The van der Waals surface area contributed by atoms with Gasteiger partial charge in [0.15, 0.2) is 0 Å². The lowest BCUT2D eigenvalue weighted by molar-refractivity contribution is -0.138. The number of carbonyl (C=O) groups is 1.